The Balaban J connectivity index is 2.96. The van der Waals surface area contributed by atoms with E-state index in [0.29, 0.717) is 23.3 Å². The lowest BCUT2D eigenvalue weighted by molar-refractivity contribution is -0.112. The van der Waals surface area contributed by atoms with Crippen LogP contribution in [0.3, 0.4) is 0 Å². The second kappa shape index (κ2) is 9.61. The monoisotopic (exact) mass is 329 g/mol. The molecule has 1 rings (SSSR count). The highest BCUT2D eigenvalue weighted by Gasteiger charge is 2.15. The predicted octanol–water partition coefficient (Wildman–Crippen LogP) is 3.66. The zero-order valence-corrected chi connectivity index (χ0v) is 15.2. The lowest BCUT2D eigenvalue weighted by Gasteiger charge is -2.25. The highest BCUT2D eigenvalue weighted by molar-refractivity contribution is 6.07. The number of benzene rings is 1. The van der Waals surface area contributed by atoms with E-state index in [2.05, 4.69) is 33.0 Å². The van der Waals surface area contributed by atoms with Crippen molar-refractivity contribution in [1.29, 1.82) is 5.26 Å². The van der Waals surface area contributed by atoms with Gasteiger partial charge in [0.2, 0.25) is 0 Å². The molecule has 0 unspecified atom stereocenters. The molecule has 5 heteroatoms. The van der Waals surface area contributed by atoms with Crippen LogP contribution < -0.4 is 10.1 Å². The lowest BCUT2D eigenvalue weighted by atomic mass is 10.1. The summed E-state index contributed by atoms with van der Waals surface area (Å²) in [5.41, 5.74) is 0.632. The van der Waals surface area contributed by atoms with Gasteiger partial charge in [0.1, 0.15) is 17.4 Å². The second-order valence-corrected chi connectivity index (χ2v) is 6.55. The van der Waals surface area contributed by atoms with Gasteiger partial charge in [-0.3, -0.25) is 4.79 Å². The van der Waals surface area contributed by atoms with Gasteiger partial charge in [-0.15, -0.1) is 0 Å². The van der Waals surface area contributed by atoms with E-state index in [1.807, 2.05) is 17.0 Å². The van der Waals surface area contributed by atoms with Crippen LogP contribution in [0.2, 0.25) is 0 Å². The molecule has 130 valence electrons. The van der Waals surface area contributed by atoms with Crippen molar-refractivity contribution in [3.05, 3.63) is 36.0 Å². The summed E-state index contributed by atoms with van der Waals surface area (Å²) in [5.74, 6) is 1.01. The maximum absolute atomic E-state index is 12.4. The van der Waals surface area contributed by atoms with Gasteiger partial charge in [-0.25, -0.2) is 0 Å². The van der Waals surface area contributed by atoms with E-state index in [1.165, 1.54) is 0 Å². The highest BCUT2D eigenvalue weighted by Crippen LogP contribution is 2.23. The molecule has 0 fully saturated rings. The molecule has 1 amide bonds. The molecule has 0 aliphatic rings. The van der Waals surface area contributed by atoms with Crippen LogP contribution in [0.15, 0.2) is 36.0 Å². The largest absolute Gasteiger partial charge is 0.495 e. The number of nitrogens with one attached hydrogen (secondary N) is 1. The van der Waals surface area contributed by atoms with E-state index >= 15 is 0 Å². The smallest absolute Gasteiger partial charge is 0.267 e. The van der Waals surface area contributed by atoms with Crippen LogP contribution in [0, 0.1) is 23.2 Å². The number of nitriles is 1. The highest BCUT2D eigenvalue weighted by atomic mass is 16.5. The molecule has 0 spiro atoms. The number of amides is 1. The minimum absolute atomic E-state index is 0.0854. The number of para-hydroxylation sites is 2. The minimum Gasteiger partial charge on any atom is -0.495 e. The Morgan fingerprint density at radius 1 is 1.25 bits per heavy atom. The number of carbonyl (C=O) groups excluding carboxylic acids is 1. The van der Waals surface area contributed by atoms with Crippen LogP contribution in [0.4, 0.5) is 5.69 Å². The molecule has 1 aromatic rings. The summed E-state index contributed by atoms with van der Waals surface area (Å²) in [6.45, 7) is 10.0. The third-order valence-electron chi connectivity index (χ3n) is 3.23. The van der Waals surface area contributed by atoms with E-state index in [9.17, 15) is 10.1 Å². The van der Waals surface area contributed by atoms with Crippen LogP contribution in [-0.2, 0) is 4.79 Å². The summed E-state index contributed by atoms with van der Waals surface area (Å²) in [6, 6.07) is 9.13. The number of rotatable bonds is 8. The average Bonchev–Trinajstić information content (AvgIpc) is 2.51. The van der Waals surface area contributed by atoms with Crippen LogP contribution in [0.5, 0.6) is 5.75 Å². The molecule has 0 heterocycles. The average molecular weight is 329 g/mol. The van der Waals surface area contributed by atoms with E-state index in [1.54, 1.807) is 31.5 Å². The van der Waals surface area contributed by atoms with Crippen molar-refractivity contribution < 1.29 is 9.53 Å². The lowest BCUT2D eigenvalue weighted by Crippen LogP contribution is -2.28. The van der Waals surface area contributed by atoms with Gasteiger partial charge in [0.25, 0.3) is 5.91 Å². The number of anilines is 1. The van der Waals surface area contributed by atoms with Crippen molar-refractivity contribution in [2.75, 3.05) is 25.5 Å². The van der Waals surface area contributed by atoms with E-state index < -0.39 is 5.91 Å². The molecule has 1 N–H and O–H groups in total. The normalized spacial score (nSPS) is 11.3. The quantitative estimate of drug-likeness (QED) is 0.584. The Bertz CT molecular complexity index is 605. The summed E-state index contributed by atoms with van der Waals surface area (Å²) < 4.78 is 5.22. The fourth-order valence-corrected chi connectivity index (χ4v) is 2.38. The topological polar surface area (TPSA) is 65.4 Å². The zero-order chi connectivity index (χ0) is 18.1. The van der Waals surface area contributed by atoms with E-state index in [-0.39, 0.29) is 5.57 Å². The molecule has 0 aromatic heterocycles. The third kappa shape index (κ3) is 6.33. The molecule has 0 radical (unpaired) electrons. The van der Waals surface area contributed by atoms with Gasteiger partial charge < -0.3 is 15.0 Å². The van der Waals surface area contributed by atoms with Gasteiger partial charge >= 0.3 is 0 Å². The SMILES string of the molecule is COc1ccccc1NC(=O)/C(C#N)=C\N(CC(C)C)CC(C)C. The van der Waals surface area contributed by atoms with E-state index in [4.69, 9.17) is 4.74 Å². The second-order valence-electron chi connectivity index (χ2n) is 6.55. The summed E-state index contributed by atoms with van der Waals surface area (Å²) in [4.78, 5) is 14.5. The van der Waals surface area contributed by atoms with Crippen LogP contribution in [0.1, 0.15) is 27.7 Å². The number of hydrogen-bond donors (Lipinski definition) is 1. The van der Waals surface area contributed by atoms with Gasteiger partial charge in [0, 0.05) is 19.3 Å². The van der Waals surface area contributed by atoms with Crippen molar-refractivity contribution in [3.8, 4) is 11.8 Å². The number of hydrogen-bond acceptors (Lipinski definition) is 4. The number of nitrogens with zero attached hydrogens (tertiary/aromatic N) is 2. The summed E-state index contributed by atoms with van der Waals surface area (Å²) in [5, 5.41) is 12.1. The fourth-order valence-electron chi connectivity index (χ4n) is 2.38. The molecule has 0 aliphatic carbocycles. The summed E-state index contributed by atoms with van der Waals surface area (Å²) in [7, 11) is 1.54. The first kappa shape index (κ1) is 19.6. The van der Waals surface area contributed by atoms with Crippen LogP contribution in [-0.4, -0.2) is 31.0 Å². The predicted molar refractivity (Wildman–Crippen MR) is 96.6 cm³/mol. The Hall–Kier alpha value is -2.48. The van der Waals surface area contributed by atoms with Crippen molar-refractivity contribution >= 4 is 11.6 Å². The van der Waals surface area contributed by atoms with Gasteiger partial charge in [0.15, 0.2) is 0 Å². The van der Waals surface area contributed by atoms with Crippen molar-refractivity contribution in [3.63, 3.8) is 0 Å². The first-order chi connectivity index (χ1) is 11.4. The van der Waals surface area contributed by atoms with Gasteiger partial charge in [0.05, 0.1) is 12.8 Å². The van der Waals surface area contributed by atoms with Crippen molar-refractivity contribution in [1.82, 2.24) is 4.90 Å². The standard InChI is InChI=1S/C19H27N3O2/c1-14(2)11-22(12-15(3)4)13-16(10-20)19(23)21-17-8-6-7-9-18(17)24-5/h6-9,13-15H,11-12H2,1-5H3,(H,21,23)/b16-13-. The van der Waals surface area contributed by atoms with Crippen molar-refractivity contribution in [2.24, 2.45) is 11.8 Å². The minimum atomic E-state index is -0.431. The van der Waals surface area contributed by atoms with Gasteiger partial charge in [-0.1, -0.05) is 39.8 Å². The maximum atomic E-state index is 12.4. The molecular weight excluding hydrogens is 302 g/mol. The van der Waals surface area contributed by atoms with Crippen LogP contribution >= 0.6 is 0 Å². The molecular formula is C19H27N3O2. The van der Waals surface area contributed by atoms with Gasteiger partial charge in [-0.2, -0.15) is 5.26 Å². The maximum Gasteiger partial charge on any atom is 0.267 e. The Morgan fingerprint density at radius 2 is 1.83 bits per heavy atom. The van der Waals surface area contributed by atoms with E-state index in [0.717, 1.165) is 13.1 Å². The molecule has 5 nitrogen and oxygen atoms in total. The molecule has 0 saturated heterocycles. The van der Waals surface area contributed by atoms with Gasteiger partial charge in [-0.05, 0) is 24.0 Å². The Kier molecular flexibility index (Phi) is 7.84. The number of methoxy groups -OCH3 is 1. The number of ether oxygens (including phenoxy) is 1. The molecule has 24 heavy (non-hydrogen) atoms. The molecule has 0 bridgehead atoms. The first-order valence-electron chi connectivity index (χ1n) is 8.17. The Morgan fingerprint density at radius 3 is 2.33 bits per heavy atom. The Labute approximate surface area is 144 Å². The molecule has 0 saturated carbocycles. The zero-order valence-electron chi connectivity index (χ0n) is 15.2. The first-order valence-corrected chi connectivity index (χ1v) is 8.17. The third-order valence-corrected chi connectivity index (χ3v) is 3.23. The molecule has 0 atom stereocenters. The number of carbonyl (C=O) groups is 1. The molecule has 0 aliphatic heterocycles. The fraction of sp³-hybridized carbons (Fsp3) is 0.474. The van der Waals surface area contributed by atoms with Crippen molar-refractivity contribution in [2.45, 2.75) is 27.7 Å². The summed E-state index contributed by atoms with van der Waals surface area (Å²) >= 11 is 0. The molecule has 1 aromatic carbocycles. The van der Waals surface area contributed by atoms with Crippen LogP contribution in [0.25, 0.3) is 0 Å². The summed E-state index contributed by atoms with van der Waals surface area (Å²) in [6.07, 6.45) is 1.66.